The Bertz CT molecular complexity index is 949. The zero-order valence-electron chi connectivity index (χ0n) is 14.5. The maximum Gasteiger partial charge on any atom is 0.234 e. The predicted molar refractivity (Wildman–Crippen MR) is 105 cm³/mol. The van der Waals surface area contributed by atoms with E-state index in [4.69, 9.17) is 10.00 Å². The van der Waals surface area contributed by atoms with Gasteiger partial charge in [0.15, 0.2) is 0 Å². The van der Waals surface area contributed by atoms with E-state index >= 15 is 0 Å². The van der Waals surface area contributed by atoms with Gasteiger partial charge in [-0.15, -0.1) is 10.2 Å². The normalized spacial score (nSPS) is 10.1. The number of ether oxygens (including phenoxy) is 1. The molecule has 0 bridgehead atoms. The molecule has 3 aromatic rings. The van der Waals surface area contributed by atoms with Crippen molar-refractivity contribution < 1.29 is 9.53 Å². The number of carbonyl (C=O) groups excluding carboxylic acids is 1. The highest BCUT2D eigenvalue weighted by atomic mass is 32.2. The van der Waals surface area contributed by atoms with Gasteiger partial charge in [0.1, 0.15) is 10.8 Å². The third-order valence-corrected chi connectivity index (χ3v) is 4.59. The summed E-state index contributed by atoms with van der Waals surface area (Å²) in [5.41, 5.74) is 2.90. The lowest BCUT2D eigenvalue weighted by Crippen LogP contribution is -2.14. The number of amides is 1. The molecule has 134 valence electrons. The molecule has 0 radical (unpaired) electrons. The minimum absolute atomic E-state index is 0.147. The van der Waals surface area contributed by atoms with Crippen molar-refractivity contribution in [3.8, 4) is 23.1 Å². The maximum atomic E-state index is 12.0. The molecule has 0 aliphatic rings. The van der Waals surface area contributed by atoms with Gasteiger partial charge in [0, 0.05) is 11.3 Å². The highest BCUT2D eigenvalue weighted by Crippen LogP contribution is 2.22. The van der Waals surface area contributed by atoms with Crippen LogP contribution in [-0.4, -0.2) is 29.0 Å². The van der Waals surface area contributed by atoms with E-state index in [0.29, 0.717) is 16.3 Å². The third-order valence-electron chi connectivity index (χ3n) is 3.67. The van der Waals surface area contributed by atoms with Crippen molar-refractivity contribution in [1.82, 2.24) is 10.2 Å². The van der Waals surface area contributed by atoms with Gasteiger partial charge in [-0.2, -0.15) is 5.26 Å². The Morgan fingerprint density at radius 1 is 1.07 bits per heavy atom. The van der Waals surface area contributed by atoms with Crippen LogP contribution in [0.15, 0.2) is 65.7 Å². The number of nitrogens with zero attached hydrogens (tertiary/aromatic N) is 3. The number of rotatable bonds is 6. The van der Waals surface area contributed by atoms with E-state index < -0.39 is 0 Å². The fourth-order valence-electron chi connectivity index (χ4n) is 2.28. The van der Waals surface area contributed by atoms with Crippen LogP contribution >= 0.6 is 11.8 Å². The molecule has 0 spiro atoms. The Morgan fingerprint density at radius 3 is 2.41 bits per heavy atom. The molecule has 2 aromatic carbocycles. The van der Waals surface area contributed by atoms with Crippen LogP contribution in [0.5, 0.6) is 5.75 Å². The molecule has 0 unspecified atom stereocenters. The Hall–Kier alpha value is -3.37. The highest BCUT2D eigenvalue weighted by molar-refractivity contribution is 7.99. The summed E-state index contributed by atoms with van der Waals surface area (Å²) in [4.78, 5) is 12.0. The van der Waals surface area contributed by atoms with Crippen LogP contribution in [-0.2, 0) is 4.79 Å². The van der Waals surface area contributed by atoms with Gasteiger partial charge >= 0.3 is 0 Å². The molecule has 1 aromatic heterocycles. The van der Waals surface area contributed by atoms with E-state index in [1.54, 1.807) is 31.4 Å². The minimum atomic E-state index is -0.147. The van der Waals surface area contributed by atoms with Crippen LogP contribution in [0, 0.1) is 11.3 Å². The lowest BCUT2D eigenvalue weighted by molar-refractivity contribution is -0.113. The molecule has 0 saturated carbocycles. The molecule has 6 nitrogen and oxygen atoms in total. The number of benzene rings is 2. The van der Waals surface area contributed by atoms with Gasteiger partial charge in [0.2, 0.25) is 5.91 Å². The fourth-order valence-corrected chi connectivity index (χ4v) is 2.89. The van der Waals surface area contributed by atoms with Crippen molar-refractivity contribution in [3.63, 3.8) is 0 Å². The molecule has 0 aliphatic heterocycles. The van der Waals surface area contributed by atoms with Crippen LogP contribution in [0.25, 0.3) is 11.3 Å². The van der Waals surface area contributed by atoms with Crippen molar-refractivity contribution in [2.45, 2.75) is 5.03 Å². The molecular formula is C20H16N4O2S. The Balaban J connectivity index is 1.54. The van der Waals surface area contributed by atoms with Crippen molar-refractivity contribution in [3.05, 3.63) is 66.2 Å². The van der Waals surface area contributed by atoms with Crippen molar-refractivity contribution >= 4 is 23.4 Å². The minimum Gasteiger partial charge on any atom is -0.497 e. The summed E-state index contributed by atoms with van der Waals surface area (Å²) < 4.78 is 5.14. The monoisotopic (exact) mass is 376 g/mol. The summed E-state index contributed by atoms with van der Waals surface area (Å²) in [6, 6.07) is 20.0. The molecule has 0 aliphatic carbocycles. The third kappa shape index (κ3) is 5.06. The van der Waals surface area contributed by atoms with Crippen LogP contribution in [0.1, 0.15) is 5.56 Å². The molecule has 0 saturated heterocycles. The number of methoxy groups -OCH3 is 1. The van der Waals surface area contributed by atoms with E-state index in [1.165, 1.54) is 11.8 Å². The number of anilines is 1. The van der Waals surface area contributed by atoms with Gasteiger partial charge in [-0.3, -0.25) is 4.79 Å². The number of carbonyl (C=O) groups is 1. The number of aromatic nitrogens is 2. The Labute approximate surface area is 161 Å². The molecule has 1 heterocycles. The number of thioether (sulfide) groups is 1. The SMILES string of the molecule is COc1ccc(-c2ccc(SCC(=O)Nc3ccc(C#N)cc3)nn2)cc1. The molecule has 0 atom stereocenters. The summed E-state index contributed by atoms with van der Waals surface area (Å²) in [6.07, 6.45) is 0. The smallest absolute Gasteiger partial charge is 0.234 e. The first kappa shape index (κ1) is 18.4. The maximum absolute atomic E-state index is 12.0. The summed E-state index contributed by atoms with van der Waals surface area (Å²) >= 11 is 1.31. The van der Waals surface area contributed by atoms with Gasteiger partial charge in [0.05, 0.1) is 30.2 Å². The molecule has 1 N–H and O–H groups in total. The standard InChI is InChI=1S/C20H16N4O2S/c1-26-17-8-4-15(5-9-17)18-10-11-20(24-23-18)27-13-19(25)22-16-6-2-14(12-21)3-7-16/h2-11H,13H2,1H3,(H,22,25). The first-order valence-corrected chi connectivity index (χ1v) is 9.07. The largest absolute Gasteiger partial charge is 0.497 e. The molecule has 0 fully saturated rings. The van der Waals surface area contributed by atoms with E-state index in [2.05, 4.69) is 15.5 Å². The summed E-state index contributed by atoms with van der Waals surface area (Å²) in [5, 5.41) is 20.6. The lowest BCUT2D eigenvalue weighted by atomic mass is 10.1. The summed E-state index contributed by atoms with van der Waals surface area (Å²) in [7, 11) is 1.62. The van der Waals surface area contributed by atoms with Crippen LogP contribution < -0.4 is 10.1 Å². The van der Waals surface area contributed by atoms with E-state index in [-0.39, 0.29) is 11.7 Å². The number of nitrogens with one attached hydrogen (secondary N) is 1. The number of nitriles is 1. The first-order chi connectivity index (χ1) is 13.2. The number of hydrogen-bond acceptors (Lipinski definition) is 6. The van der Waals surface area contributed by atoms with Gasteiger partial charge in [0.25, 0.3) is 0 Å². The summed E-state index contributed by atoms with van der Waals surface area (Å²) in [5.74, 6) is 0.856. The van der Waals surface area contributed by atoms with Crippen LogP contribution in [0.2, 0.25) is 0 Å². The quantitative estimate of drug-likeness (QED) is 0.659. The molecule has 27 heavy (non-hydrogen) atoms. The highest BCUT2D eigenvalue weighted by Gasteiger charge is 2.07. The summed E-state index contributed by atoms with van der Waals surface area (Å²) in [6.45, 7) is 0. The van der Waals surface area contributed by atoms with E-state index in [9.17, 15) is 4.79 Å². The van der Waals surface area contributed by atoms with E-state index in [0.717, 1.165) is 17.0 Å². The van der Waals surface area contributed by atoms with Gasteiger partial charge in [-0.25, -0.2) is 0 Å². The average Bonchev–Trinajstić information content (AvgIpc) is 2.73. The van der Waals surface area contributed by atoms with Crippen molar-refractivity contribution in [1.29, 1.82) is 5.26 Å². The lowest BCUT2D eigenvalue weighted by Gasteiger charge is -2.05. The van der Waals surface area contributed by atoms with Gasteiger partial charge < -0.3 is 10.1 Å². The molecule has 1 amide bonds. The zero-order valence-corrected chi connectivity index (χ0v) is 15.4. The average molecular weight is 376 g/mol. The van der Waals surface area contributed by atoms with Crippen molar-refractivity contribution in [2.75, 3.05) is 18.2 Å². The van der Waals surface area contributed by atoms with Crippen LogP contribution in [0.4, 0.5) is 5.69 Å². The second kappa shape index (κ2) is 8.83. The first-order valence-electron chi connectivity index (χ1n) is 8.09. The Kier molecular flexibility index (Phi) is 6.02. The molecule has 3 rings (SSSR count). The van der Waals surface area contributed by atoms with Crippen LogP contribution in [0.3, 0.4) is 0 Å². The zero-order chi connectivity index (χ0) is 19.1. The van der Waals surface area contributed by atoms with E-state index in [1.807, 2.05) is 42.5 Å². The topological polar surface area (TPSA) is 87.9 Å². The second-order valence-electron chi connectivity index (χ2n) is 5.51. The predicted octanol–water partition coefficient (Wildman–Crippen LogP) is 3.75. The Morgan fingerprint density at radius 2 is 1.81 bits per heavy atom. The molecule has 7 heteroatoms. The molecular weight excluding hydrogens is 360 g/mol. The number of hydrogen-bond donors (Lipinski definition) is 1. The fraction of sp³-hybridized carbons (Fsp3) is 0.100. The van der Waals surface area contributed by atoms with Crippen molar-refractivity contribution in [2.24, 2.45) is 0 Å². The second-order valence-corrected chi connectivity index (χ2v) is 6.51. The van der Waals surface area contributed by atoms with Gasteiger partial charge in [-0.05, 0) is 60.7 Å². The van der Waals surface area contributed by atoms with Gasteiger partial charge in [-0.1, -0.05) is 11.8 Å².